The molecular weight excluding hydrogens is 204 g/mol. The van der Waals surface area contributed by atoms with E-state index in [1.807, 2.05) is 25.1 Å². The molecule has 0 atom stereocenters. The van der Waals surface area contributed by atoms with Crippen LogP contribution in [0.4, 0.5) is 0 Å². The van der Waals surface area contributed by atoms with Crippen molar-refractivity contribution in [2.75, 3.05) is 20.3 Å². The van der Waals surface area contributed by atoms with Crippen LogP contribution in [-0.4, -0.2) is 30.3 Å². The summed E-state index contributed by atoms with van der Waals surface area (Å²) in [5, 5.41) is 0. The smallest absolute Gasteiger partial charge is 0.139 e. The van der Waals surface area contributed by atoms with Crippen LogP contribution in [0.1, 0.15) is 5.69 Å². The van der Waals surface area contributed by atoms with Gasteiger partial charge in [0.1, 0.15) is 12.4 Å². The number of rotatable bonds is 4. The van der Waals surface area contributed by atoms with E-state index in [4.69, 9.17) is 9.47 Å². The van der Waals surface area contributed by atoms with Gasteiger partial charge in [0.05, 0.1) is 23.8 Å². The van der Waals surface area contributed by atoms with Crippen LogP contribution in [0.5, 0.6) is 5.75 Å². The van der Waals surface area contributed by atoms with Crippen LogP contribution in [0.25, 0.3) is 11.0 Å². The average Bonchev–Trinajstić information content (AvgIpc) is 2.29. The molecule has 0 bridgehead atoms. The summed E-state index contributed by atoms with van der Waals surface area (Å²) in [6, 6.07) is 5.79. The Morgan fingerprint density at radius 3 is 2.88 bits per heavy atom. The molecule has 0 saturated carbocycles. The van der Waals surface area contributed by atoms with Crippen LogP contribution in [-0.2, 0) is 4.74 Å². The van der Waals surface area contributed by atoms with Gasteiger partial charge in [0.25, 0.3) is 0 Å². The highest BCUT2D eigenvalue weighted by molar-refractivity contribution is 5.75. The molecule has 84 valence electrons. The van der Waals surface area contributed by atoms with Gasteiger partial charge < -0.3 is 9.47 Å². The molecule has 0 aliphatic rings. The fourth-order valence-corrected chi connectivity index (χ4v) is 1.41. The van der Waals surface area contributed by atoms with Gasteiger partial charge in [0.2, 0.25) is 0 Å². The summed E-state index contributed by atoms with van der Waals surface area (Å²) in [6.45, 7) is 3.05. The average molecular weight is 218 g/mol. The Balaban J connectivity index is 2.21. The molecule has 0 saturated heterocycles. The molecule has 0 unspecified atom stereocenters. The lowest BCUT2D eigenvalue weighted by atomic mass is 10.3. The molecule has 2 aromatic rings. The molecule has 0 N–H and O–H groups in total. The number of nitrogens with zero attached hydrogens (tertiary/aromatic N) is 2. The molecule has 0 aliphatic heterocycles. The zero-order valence-electron chi connectivity index (χ0n) is 9.43. The Morgan fingerprint density at radius 2 is 2.06 bits per heavy atom. The second-order valence-electron chi connectivity index (χ2n) is 3.50. The van der Waals surface area contributed by atoms with E-state index in [0.29, 0.717) is 13.2 Å². The maximum absolute atomic E-state index is 5.47. The van der Waals surface area contributed by atoms with Crippen LogP contribution < -0.4 is 4.74 Å². The molecule has 2 rings (SSSR count). The normalized spacial score (nSPS) is 10.6. The van der Waals surface area contributed by atoms with E-state index < -0.39 is 0 Å². The summed E-state index contributed by atoms with van der Waals surface area (Å²) in [5.41, 5.74) is 2.71. The number of pyridine rings is 2. The molecule has 16 heavy (non-hydrogen) atoms. The topological polar surface area (TPSA) is 44.2 Å². The Morgan fingerprint density at radius 1 is 1.19 bits per heavy atom. The summed E-state index contributed by atoms with van der Waals surface area (Å²) in [6.07, 6.45) is 1.70. The lowest BCUT2D eigenvalue weighted by Gasteiger charge is -2.05. The number of fused-ring (bicyclic) bond motifs is 1. The van der Waals surface area contributed by atoms with Crippen LogP contribution >= 0.6 is 0 Å². The van der Waals surface area contributed by atoms with E-state index >= 15 is 0 Å². The summed E-state index contributed by atoms with van der Waals surface area (Å²) >= 11 is 0. The largest absolute Gasteiger partial charge is 0.489 e. The molecule has 0 spiro atoms. The van der Waals surface area contributed by atoms with E-state index in [1.54, 1.807) is 13.3 Å². The number of hydrogen-bond acceptors (Lipinski definition) is 4. The third kappa shape index (κ3) is 2.46. The number of hydrogen-bond donors (Lipinski definition) is 0. The van der Waals surface area contributed by atoms with Gasteiger partial charge in [-0.15, -0.1) is 0 Å². The maximum atomic E-state index is 5.47. The van der Waals surface area contributed by atoms with Crippen LogP contribution in [0.2, 0.25) is 0 Å². The molecule has 4 nitrogen and oxygen atoms in total. The van der Waals surface area contributed by atoms with Crippen LogP contribution in [0, 0.1) is 6.92 Å². The summed E-state index contributed by atoms with van der Waals surface area (Å²) in [7, 11) is 1.65. The van der Waals surface area contributed by atoms with Crippen molar-refractivity contribution >= 4 is 11.0 Å². The number of ether oxygens (including phenoxy) is 2. The Kier molecular flexibility index (Phi) is 3.31. The first-order valence-electron chi connectivity index (χ1n) is 5.15. The zero-order valence-corrected chi connectivity index (χ0v) is 9.43. The van der Waals surface area contributed by atoms with E-state index in [1.165, 1.54) is 0 Å². The summed E-state index contributed by atoms with van der Waals surface area (Å²) in [5.74, 6) is 0.725. The minimum Gasteiger partial charge on any atom is -0.489 e. The van der Waals surface area contributed by atoms with Crippen molar-refractivity contribution in [1.29, 1.82) is 0 Å². The van der Waals surface area contributed by atoms with Crippen molar-refractivity contribution < 1.29 is 9.47 Å². The van der Waals surface area contributed by atoms with Crippen molar-refractivity contribution in [1.82, 2.24) is 9.97 Å². The van der Waals surface area contributed by atoms with Crippen LogP contribution in [0.3, 0.4) is 0 Å². The predicted molar refractivity (Wildman–Crippen MR) is 61.6 cm³/mol. The minimum atomic E-state index is 0.523. The molecule has 0 radical (unpaired) electrons. The first kappa shape index (κ1) is 10.8. The summed E-state index contributed by atoms with van der Waals surface area (Å²) in [4.78, 5) is 8.66. The van der Waals surface area contributed by atoms with Gasteiger partial charge >= 0.3 is 0 Å². The molecule has 0 amide bonds. The monoisotopic (exact) mass is 218 g/mol. The van der Waals surface area contributed by atoms with Gasteiger partial charge in [0, 0.05) is 18.9 Å². The van der Waals surface area contributed by atoms with E-state index in [9.17, 15) is 0 Å². The van der Waals surface area contributed by atoms with Gasteiger partial charge in [0.15, 0.2) is 0 Å². The SMILES string of the molecule is COCCOc1cnc2ccc(C)nc2c1. The second kappa shape index (κ2) is 4.90. The number of aromatic nitrogens is 2. The lowest BCUT2D eigenvalue weighted by molar-refractivity contribution is 0.146. The van der Waals surface area contributed by atoms with Gasteiger partial charge in [-0.25, -0.2) is 0 Å². The van der Waals surface area contributed by atoms with Crippen molar-refractivity contribution in [3.05, 3.63) is 30.1 Å². The highest BCUT2D eigenvalue weighted by atomic mass is 16.5. The highest BCUT2D eigenvalue weighted by Gasteiger charge is 2.00. The third-order valence-corrected chi connectivity index (χ3v) is 2.21. The molecule has 0 aromatic carbocycles. The maximum Gasteiger partial charge on any atom is 0.139 e. The molecule has 2 aromatic heterocycles. The van der Waals surface area contributed by atoms with Crippen molar-refractivity contribution in [2.45, 2.75) is 6.92 Å². The Labute approximate surface area is 94.2 Å². The molecule has 4 heteroatoms. The van der Waals surface area contributed by atoms with Crippen molar-refractivity contribution in [2.24, 2.45) is 0 Å². The molecular formula is C12H14N2O2. The van der Waals surface area contributed by atoms with E-state index in [0.717, 1.165) is 22.5 Å². The number of methoxy groups -OCH3 is 1. The quantitative estimate of drug-likeness (QED) is 0.736. The third-order valence-electron chi connectivity index (χ3n) is 2.21. The summed E-state index contributed by atoms with van der Waals surface area (Å²) < 4.78 is 10.4. The van der Waals surface area contributed by atoms with Crippen LogP contribution in [0.15, 0.2) is 24.4 Å². The second-order valence-corrected chi connectivity index (χ2v) is 3.50. The first-order valence-corrected chi connectivity index (χ1v) is 5.15. The fourth-order valence-electron chi connectivity index (χ4n) is 1.41. The minimum absolute atomic E-state index is 0.523. The highest BCUT2D eigenvalue weighted by Crippen LogP contribution is 2.16. The van der Waals surface area contributed by atoms with Gasteiger partial charge in [-0.05, 0) is 19.1 Å². The zero-order chi connectivity index (χ0) is 11.4. The molecule has 0 aliphatic carbocycles. The van der Waals surface area contributed by atoms with Gasteiger partial charge in [-0.2, -0.15) is 0 Å². The molecule has 0 fully saturated rings. The van der Waals surface area contributed by atoms with Gasteiger partial charge in [-0.1, -0.05) is 0 Å². The standard InChI is InChI=1S/C12H14N2O2/c1-9-3-4-11-12(14-9)7-10(8-13-11)16-6-5-15-2/h3-4,7-8H,5-6H2,1-2H3. The van der Waals surface area contributed by atoms with Gasteiger partial charge in [-0.3, -0.25) is 9.97 Å². The molecule has 2 heterocycles. The van der Waals surface area contributed by atoms with E-state index in [-0.39, 0.29) is 0 Å². The van der Waals surface area contributed by atoms with Crippen molar-refractivity contribution in [3.63, 3.8) is 0 Å². The Hall–Kier alpha value is -1.68. The lowest BCUT2D eigenvalue weighted by Crippen LogP contribution is -2.04. The first-order chi connectivity index (χ1) is 7.79. The fraction of sp³-hybridized carbons (Fsp3) is 0.333. The van der Waals surface area contributed by atoms with E-state index in [2.05, 4.69) is 9.97 Å². The van der Waals surface area contributed by atoms with Crippen molar-refractivity contribution in [3.8, 4) is 5.75 Å². The predicted octanol–water partition coefficient (Wildman–Crippen LogP) is 1.96. The Bertz CT molecular complexity index is 485. The number of aryl methyl sites for hydroxylation is 1.